The number of carbonyl (C=O) groups excluding carboxylic acids is 1. The molecule has 0 fully saturated rings. The molecule has 0 unspecified atom stereocenters. The van der Waals surface area contributed by atoms with E-state index in [-0.39, 0.29) is 0 Å². The molecule has 4 heteroatoms. The van der Waals surface area contributed by atoms with Crippen molar-refractivity contribution in [3.05, 3.63) is 78.4 Å². The van der Waals surface area contributed by atoms with Crippen molar-refractivity contribution in [2.45, 2.75) is 0 Å². The van der Waals surface area contributed by atoms with E-state index in [1.807, 2.05) is 48.5 Å². The lowest BCUT2D eigenvalue weighted by Crippen LogP contribution is -1.84. The molecular formula is C22H22O4. The van der Waals surface area contributed by atoms with Gasteiger partial charge in [0.05, 0.1) is 21.3 Å². The summed E-state index contributed by atoms with van der Waals surface area (Å²) in [6.07, 6.45) is 0.805. The number of benzene rings is 3. The summed E-state index contributed by atoms with van der Waals surface area (Å²) in [5.41, 5.74) is 3.01. The smallest absolute Gasteiger partial charge is 0.150 e. The number of rotatable bonds is 5. The summed E-state index contributed by atoms with van der Waals surface area (Å²) in [5.74, 6) is 2.51. The first-order valence-electron chi connectivity index (χ1n) is 8.08. The van der Waals surface area contributed by atoms with Crippen LogP contribution in [0.3, 0.4) is 0 Å². The van der Waals surface area contributed by atoms with E-state index >= 15 is 0 Å². The maximum Gasteiger partial charge on any atom is 0.150 e. The van der Waals surface area contributed by atoms with Crippen LogP contribution >= 0.6 is 0 Å². The SMILES string of the molecule is COc1ccc(-c2ccc(OC)cc2)cc1.COc1ccc(C=O)cc1. The van der Waals surface area contributed by atoms with E-state index < -0.39 is 0 Å². The minimum absolute atomic E-state index is 0.667. The van der Waals surface area contributed by atoms with Crippen LogP contribution in [0.25, 0.3) is 11.1 Å². The molecule has 0 N–H and O–H groups in total. The lowest BCUT2D eigenvalue weighted by molar-refractivity contribution is 0.112. The molecule has 0 amide bonds. The van der Waals surface area contributed by atoms with Crippen molar-refractivity contribution in [1.82, 2.24) is 0 Å². The first-order chi connectivity index (χ1) is 12.7. The highest BCUT2D eigenvalue weighted by Crippen LogP contribution is 2.24. The predicted molar refractivity (Wildman–Crippen MR) is 103 cm³/mol. The molecule has 26 heavy (non-hydrogen) atoms. The Morgan fingerprint density at radius 2 is 0.846 bits per heavy atom. The Labute approximate surface area is 154 Å². The zero-order valence-electron chi connectivity index (χ0n) is 15.1. The molecule has 0 aromatic heterocycles. The molecule has 0 bridgehead atoms. The van der Waals surface area contributed by atoms with Crippen molar-refractivity contribution in [3.8, 4) is 28.4 Å². The van der Waals surface area contributed by atoms with Gasteiger partial charge in [-0.05, 0) is 59.7 Å². The van der Waals surface area contributed by atoms with Gasteiger partial charge in [-0.15, -0.1) is 0 Å². The molecule has 134 valence electrons. The van der Waals surface area contributed by atoms with Gasteiger partial charge < -0.3 is 14.2 Å². The van der Waals surface area contributed by atoms with Gasteiger partial charge in [0.25, 0.3) is 0 Å². The summed E-state index contributed by atoms with van der Waals surface area (Å²) in [7, 11) is 4.93. The van der Waals surface area contributed by atoms with E-state index in [1.54, 1.807) is 45.6 Å². The summed E-state index contributed by atoms with van der Waals surface area (Å²) >= 11 is 0. The molecule has 0 heterocycles. The summed E-state index contributed by atoms with van der Waals surface area (Å²) < 4.78 is 15.1. The Hall–Kier alpha value is -3.27. The molecule has 3 aromatic rings. The lowest BCUT2D eigenvalue weighted by atomic mass is 10.1. The Morgan fingerprint density at radius 3 is 1.12 bits per heavy atom. The normalized spacial score (nSPS) is 9.50. The van der Waals surface area contributed by atoms with E-state index in [0.717, 1.165) is 23.5 Å². The van der Waals surface area contributed by atoms with Gasteiger partial charge in [0.15, 0.2) is 0 Å². The van der Waals surface area contributed by atoms with E-state index in [1.165, 1.54) is 11.1 Å². The first kappa shape index (κ1) is 19.1. The van der Waals surface area contributed by atoms with Crippen molar-refractivity contribution >= 4 is 6.29 Å². The summed E-state index contributed by atoms with van der Waals surface area (Å²) in [4.78, 5) is 10.2. The molecule has 4 nitrogen and oxygen atoms in total. The third-order valence-corrected chi connectivity index (χ3v) is 3.77. The summed E-state index contributed by atoms with van der Waals surface area (Å²) in [6, 6.07) is 22.9. The van der Waals surface area contributed by atoms with Gasteiger partial charge in [-0.1, -0.05) is 24.3 Å². The number of carbonyl (C=O) groups is 1. The number of methoxy groups -OCH3 is 3. The van der Waals surface area contributed by atoms with Crippen molar-refractivity contribution in [1.29, 1.82) is 0 Å². The Balaban J connectivity index is 0.000000209. The van der Waals surface area contributed by atoms with Gasteiger partial charge in [0, 0.05) is 5.56 Å². The third-order valence-electron chi connectivity index (χ3n) is 3.77. The quantitative estimate of drug-likeness (QED) is 0.615. The van der Waals surface area contributed by atoms with Crippen LogP contribution in [0.1, 0.15) is 10.4 Å². The van der Waals surface area contributed by atoms with Gasteiger partial charge in [-0.25, -0.2) is 0 Å². The lowest BCUT2D eigenvalue weighted by Gasteiger charge is -2.05. The molecule has 0 radical (unpaired) electrons. The van der Waals surface area contributed by atoms with Crippen LogP contribution in [-0.2, 0) is 0 Å². The molecule has 0 saturated carbocycles. The molecule has 0 aliphatic carbocycles. The van der Waals surface area contributed by atoms with Crippen LogP contribution in [0.2, 0.25) is 0 Å². The highest BCUT2D eigenvalue weighted by atomic mass is 16.5. The maximum absolute atomic E-state index is 10.2. The molecule has 0 atom stereocenters. The molecule has 3 rings (SSSR count). The topological polar surface area (TPSA) is 44.8 Å². The second-order valence-corrected chi connectivity index (χ2v) is 5.35. The highest BCUT2D eigenvalue weighted by molar-refractivity contribution is 5.74. The van der Waals surface area contributed by atoms with Crippen LogP contribution in [-0.4, -0.2) is 27.6 Å². The van der Waals surface area contributed by atoms with Gasteiger partial charge >= 0.3 is 0 Å². The predicted octanol–water partition coefficient (Wildman–Crippen LogP) is 4.88. The maximum atomic E-state index is 10.2. The van der Waals surface area contributed by atoms with Gasteiger partial charge in [-0.2, -0.15) is 0 Å². The summed E-state index contributed by atoms with van der Waals surface area (Å²) in [5, 5.41) is 0. The Kier molecular flexibility index (Phi) is 7.25. The molecule has 0 saturated heterocycles. The standard InChI is InChI=1S/C14H14O2.C8H8O2/c1-15-13-7-3-11(4-8-13)12-5-9-14(16-2)10-6-12;1-10-8-4-2-7(6-9)3-5-8/h3-10H,1-2H3;2-6H,1H3. The minimum Gasteiger partial charge on any atom is -0.497 e. The fraction of sp³-hybridized carbons (Fsp3) is 0.136. The van der Waals surface area contributed by atoms with Gasteiger partial charge in [0.2, 0.25) is 0 Å². The Morgan fingerprint density at radius 1 is 0.538 bits per heavy atom. The molecule has 0 spiro atoms. The molecule has 0 aliphatic rings. The van der Waals surface area contributed by atoms with Gasteiger partial charge in [0.1, 0.15) is 23.5 Å². The molecule has 3 aromatic carbocycles. The van der Waals surface area contributed by atoms with Gasteiger partial charge in [-0.3, -0.25) is 4.79 Å². The van der Waals surface area contributed by atoms with Crippen LogP contribution < -0.4 is 14.2 Å². The van der Waals surface area contributed by atoms with Crippen LogP contribution in [0.5, 0.6) is 17.2 Å². The number of hydrogen-bond acceptors (Lipinski definition) is 4. The highest BCUT2D eigenvalue weighted by Gasteiger charge is 1.98. The fourth-order valence-corrected chi connectivity index (χ4v) is 2.25. The fourth-order valence-electron chi connectivity index (χ4n) is 2.25. The monoisotopic (exact) mass is 350 g/mol. The zero-order valence-corrected chi connectivity index (χ0v) is 15.1. The molecule has 0 aliphatic heterocycles. The average Bonchev–Trinajstić information content (AvgIpc) is 2.74. The number of aldehydes is 1. The zero-order chi connectivity index (χ0) is 18.8. The summed E-state index contributed by atoms with van der Waals surface area (Å²) in [6.45, 7) is 0. The van der Waals surface area contributed by atoms with Crippen molar-refractivity contribution in [3.63, 3.8) is 0 Å². The van der Waals surface area contributed by atoms with Crippen LogP contribution in [0.15, 0.2) is 72.8 Å². The van der Waals surface area contributed by atoms with Crippen molar-refractivity contribution in [2.24, 2.45) is 0 Å². The third kappa shape index (κ3) is 5.38. The van der Waals surface area contributed by atoms with E-state index in [4.69, 9.17) is 14.2 Å². The number of hydrogen-bond donors (Lipinski definition) is 0. The van der Waals surface area contributed by atoms with Crippen LogP contribution in [0.4, 0.5) is 0 Å². The van der Waals surface area contributed by atoms with Crippen molar-refractivity contribution < 1.29 is 19.0 Å². The van der Waals surface area contributed by atoms with E-state index in [0.29, 0.717) is 5.56 Å². The minimum atomic E-state index is 0.667. The van der Waals surface area contributed by atoms with E-state index in [9.17, 15) is 4.79 Å². The van der Waals surface area contributed by atoms with Crippen molar-refractivity contribution in [2.75, 3.05) is 21.3 Å². The van der Waals surface area contributed by atoms with E-state index in [2.05, 4.69) is 0 Å². The first-order valence-corrected chi connectivity index (χ1v) is 8.08. The van der Waals surface area contributed by atoms with Crippen LogP contribution in [0, 0.1) is 0 Å². The second kappa shape index (κ2) is 9.89. The second-order valence-electron chi connectivity index (χ2n) is 5.35. The largest absolute Gasteiger partial charge is 0.497 e. The number of ether oxygens (including phenoxy) is 3. The Bertz CT molecular complexity index is 746. The molecular weight excluding hydrogens is 328 g/mol. The average molecular weight is 350 g/mol.